The number of aromatic nitrogens is 1. The first kappa shape index (κ1) is 20.4. The normalized spacial score (nSPS) is 12.5. The first-order valence-electron chi connectivity index (χ1n) is 9.42. The molecule has 4 aromatic rings. The zero-order chi connectivity index (χ0) is 21.7. The third-order valence-electron chi connectivity index (χ3n) is 5.15. The summed E-state index contributed by atoms with van der Waals surface area (Å²) < 4.78 is 50.6. The molecule has 0 fully saturated rings. The number of aryl methyl sites for hydroxylation is 1. The molecular formula is C22H22N2O4S2. The number of rotatable bonds is 5. The van der Waals surface area contributed by atoms with Gasteiger partial charge >= 0.3 is 0 Å². The summed E-state index contributed by atoms with van der Waals surface area (Å²) in [5, 5.41) is 5.34. The molecule has 0 aliphatic rings. The van der Waals surface area contributed by atoms with Crippen molar-refractivity contribution in [3.05, 3.63) is 60.7 Å². The lowest BCUT2D eigenvalue weighted by Gasteiger charge is -2.13. The second kappa shape index (κ2) is 7.14. The molecule has 0 saturated heterocycles. The van der Waals surface area contributed by atoms with Crippen LogP contribution in [0.2, 0.25) is 0 Å². The predicted octanol–water partition coefficient (Wildman–Crippen LogP) is 4.37. The van der Waals surface area contributed by atoms with E-state index in [1.165, 1.54) is 18.2 Å². The zero-order valence-corrected chi connectivity index (χ0v) is 18.5. The maximum atomic E-state index is 12.3. The summed E-state index contributed by atoms with van der Waals surface area (Å²) in [6.07, 6.45) is 2.12. The number of fused-ring (bicyclic) bond motifs is 3. The van der Waals surface area contributed by atoms with Crippen LogP contribution >= 0.6 is 0 Å². The van der Waals surface area contributed by atoms with Gasteiger partial charge in [-0.1, -0.05) is 18.2 Å². The Balaban J connectivity index is 1.86. The minimum Gasteiger partial charge on any atom is -0.354 e. The fourth-order valence-electron chi connectivity index (χ4n) is 3.77. The van der Waals surface area contributed by atoms with Crippen molar-refractivity contribution in [2.45, 2.75) is 23.3 Å². The molecule has 8 heteroatoms. The summed E-state index contributed by atoms with van der Waals surface area (Å²) in [6, 6.07) is 18.1. The maximum Gasteiger partial charge on any atom is 0.177 e. The van der Waals surface area contributed by atoms with Crippen molar-refractivity contribution in [1.82, 2.24) is 4.57 Å². The van der Waals surface area contributed by atoms with Crippen LogP contribution in [0.25, 0.3) is 21.8 Å². The Bertz CT molecular complexity index is 1500. The number of hydrogen-bond acceptors (Lipinski definition) is 5. The largest absolute Gasteiger partial charge is 0.354 e. The van der Waals surface area contributed by atoms with Gasteiger partial charge in [-0.2, -0.15) is 0 Å². The van der Waals surface area contributed by atoms with E-state index < -0.39 is 19.7 Å². The van der Waals surface area contributed by atoms with Crippen LogP contribution in [-0.4, -0.2) is 33.9 Å². The number of benzene rings is 3. The molecule has 0 aliphatic carbocycles. The summed E-state index contributed by atoms with van der Waals surface area (Å²) in [5.41, 5.74) is 3.29. The Kier molecular flexibility index (Phi) is 4.86. The van der Waals surface area contributed by atoms with Crippen molar-refractivity contribution >= 4 is 52.9 Å². The van der Waals surface area contributed by atoms with Crippen molar-refractivity contribution < 1.29 is 16.8 Å². The van der Waals surface area contributed by atoms with Crippen LogP contribution in [0.3, 0.4) is 0 Å². The number of anilines is 2. The fourth-order valence-corrected chi connectivity index (χ4v) is 5.35. The first-order chi connectivity index (χ1) is 14.1. The number of para-hydroxylation sites is 1. The molecule has 0 unspecified atom stereocenters. The number of nitrogens with one attached hydrogen (secondary N) is 1. The van der Waals surface area contributed by atoms with Gasteiger partial charge in [-0.15, -0.1) is 0 Å². The zero-order valence-electron chi connectivity index (χ0n) is 16.9. The molecule has 0 spiro atoms. The Hall–Kier alpha value is -2.84. The van der Waals surface area contributed by atoms with Crippen LogP contribution in [0.4, 0.5) is 11.4 Å². The second-order valence-corrected chi connectivity index (χ2v) is 11.3. The summed E-state index contributed by atoms with van der Waals surface area (Å²) in [4.78, 5) is -0.0866. The molecule has 0 bridgehead atoms. The van der Waals surface area contributed by atoms with E-state index in [9.17, 15) is 16.8 Å². The van der Waals surface area contributed by atoms with E-state index in [0.29, 0.717) is 5.69 Å². The van der Waals surface area contributed by atoms with E-state index in [4.69, 9.17) is 0 Å². The van der Waals surface area contributed by atoms with Gasteiger partial charge in [0.15, 0.2) is 19.7 Å². The first-order valence-corrected chi connectivity index (χ1v) is 13.2. The molecule has 6 nitrogen and oxygen atoms in total. The van der Waals surface area contributed by atoms with Crippen LogP contribution in [0.1, 0.15) is 6.92 Å². The summed E-state index contributed by atoms with van der Waals surface area (Å²) >= 11 is 0. The van der Waals surface area contributed by atoms with Gasteiger partial charge in [0.1, 0.15) is 0 Å². The van der Waals surface area contributed by atoms with Gasteiger partial charge in [-0.05, 0) is 49.4 Å². The molecule has 0 radical (unpaired) electrons. The summed E-state index contributed by atoms with van der Waals surface area (Å²) in [6.45, 7) is 2.93. The highest BCUT2D eigenvalue weighted by atomic mass is 32.2. The smallest absolute Gasteiger partial charge is 0.177 e. The lowest BCUT2D eigenvalue weighted by atomic mass is 10.1. The average Bonchev–Trinajstić information content (AvgIpc) is 2.99. The Labute approximate surface area is 176 Å². The van der Waals surface area contributed by atoms with Gasteiger partial charge in [0.25, 0.3) is 0 Å². The standard InChI is InChI=1S/C22H22N2O4S2/c1-4-24-20-8-6-5-7-17(20)18-13-15(9-12-21(18)24)23-19-11-10-16(29(2,25)26)14-22(19)30(3,27)28/h5-14,23H,4H2,1-3H3. The highest BCUT2D eigenvalue weighted by molar-refractivity contribution is 7.91. The van der Waals surface area contributed by atoms with Gasteiger partial charge in [-0.25, -0.2) is 16.8 Å². The fraction of sp³-hybridized carbons (Fsp3) is 0.182. The summed E-state index contributed by atoms with van der Waals surface area (Å²) in [7, 11) is -7.17. The minimum absolute atomic E-state index is 0.0325. The predicted molar refractivity (Wildman–Crippen MR) is 121 cm³/mol. The van der Waals surface area contributed by atoms with Gasteiger partial charge in [0.05, 0.1) is 15.5 Å². The monoisotopic (exact) mass is 442 g/mol. The Morgan fingerprint density at radius 2 is 1.50 bits per heavy atom. The molecule has 1 heterocycles. The van der Waals surface area contributed by atoms with Crippen LogP contribution in [0, 0.1) is 0 Å². The van der Waals surface area contributed by atoms with Crippen LogP contribution in [-0.2, 0) is 26.2 Å². The lowest BCUT2D eigenvalue weighted by molar-refractivity contribution is 0.600. The highest BCUT2D eigenvalue weighted by Gasteiger charge is 2.18. The molecule has 0 atom stereocenters. The second-order valence-electron chi connectivity index (χ2n) is 7.32. The molecular weight excluding hydrogens is 420 g/mol. The van der Waals surface area contributed by atoms with Crippen molar-refractivity contribution in [2.24, 2.45) is 0 Å². The van der Waals surface area contributed by atoms with Crippen molar-refractivity contribution in [3.63, 3.8) is 0 Å². The molecule has 0 amide bonds. The van der Waals surface area contributed by atoms with Gasteiger partial charge < -0.3 is 9.88 Å². The third-order valence-corrected chi connectivity index (χ3v) is 7.40. The quantitative estimate of drug-likeness (QED) is 0.496. The molecule has 30 heavy (non-hydrogen) atoms. The van der Waals surface area contributed by atoms with E-state index in [1.54, 1.807) is 0 Å². The molecule has 156 valence electrons. The average molecular weight is 443 g/mol. The Morgan fingerprint density at radius 1 is 0.800 bits per heavy atom. The van der Waals surface area contributed by atoms with Gasteiger partial charge in [-0.3, -0.25) is 0 Å². The molecule has 1 N–H and O–H groups in total. The number of sulfone groups is 2. The van der Waals surface area contributed by atoms with Crippen molar-refractivity contribution in [2.75, 3.05) is 17.8 Å². The highest BCUT2D eigenvalue weighted by Crippen LogP contribution is 2.33. The van der Waals surface area contributed by atoms with E-state index in [1.807, 2.05) is 30.3 Å². The molecule has 0 aliphatic heterocycles. The maximum absolute atomic E-state index is 12.3. The van der Waals surface area contributed by atoms with Crippen molar-refractivity contribution in [3.8, 4) is 0 Å². The van der Waals surface area contributed by atoms with Crippen LogP contribution < -0.4 is 5.32 Å². The van der Waals surface area contributed by atoms with Crippen LogP contribution in [0.5, 0.6) is 0 Å². The number of hydrogen-bond donors (Lipinski definition) is 1. The molecule has 1 aromatic heterocycles. The summed E-state index contributed by atoms with van der Waals surface area (Å²) in [5.74, 6) is 0. The van der Waals surface area contributed by atoms with E-state index in [2.05, 4.69) is 28.9 Å². The molecule has 4 rings (SSSR count). The lowest BCUT2D eigenvalue weighted by Crippen LogP contribution is -2.06. The number of nitrogens with zero attached hydrogens (tertiary/aromatic N) is 1. The third kappa shape index (κ3) is 3.57. The molecule has 3 aromatic carbocycles. The van der Waals surface area contributed by atoms with Crippen LogP contribution in [0.15, 0.2) is 70.5 Å². The van der Waals surface area contributed by atoms with E-state index >= 15 is 0 Å². The van der Waals surface area contributed by atoms with E-state index in [0.717, 1.165) is 46.5 Å². The van der Waals surface area contributed by atoms with Gasteiger partial charge in [0.2, 0.25) is 0 Å². The SMILES string of the molecule is CCn1c2ccccc2c2cc(Nc3ccc(S(C)(=O)=O)cc3S(C)(=O)=O)ccc21. The van der Waals surface area contributed by atoms with E-state index in [-0.39, 0.29) is 9.79 Å². The topological polar surface area (TPSA) is 85.2 Å². The molecule has 0 saturated carbocycles. The Morgan fingerprint density at radius 3 is 2.17 bits per heavy atom. The minimum atomic E-state index is -3.64. The van der Waals surface area contributed by atoms with Crippen molar-refractivity contribution in [1.29, 1.82) is 0 Å². The van der Waals surface area contributed by atoms with Gasteiger partial charge in [0, 0.05) is 46.5 Å².